The van der Waals surface area contributed by atoms with Gasteiger partial charge in [0.2, 0.25) is 0 Å². The lowest BCUT2D eigenvalue weighted by Crippen LogP contribution is -2.21. The Labute approximate surface area is 61.3 Å². The average molecular weight is 164 g/mol. The van der Waals surface area contributed by atoms with Gasteiger partial charge in [-0.1, -0.05) is 20.8 Å². The summed E-state index contributed by atoms with van der Waals surface area (Å²) in [5.41, 5.74) is -0.483. The van der Waals surface area contributed by atoms with Gasteiger partial charge in [-0.05, 0) is 0 Å². The third-order valence-corrected chi connectivity index (χ3v) is 1.77. The molecule has 1 atom stereocenters. The molecule has 3 nitrogen and oxygen atoms in total. The molecule has 0 aromatic carbocycles. The van der Waals surface area contributed by atoms with Crippen LogP contribution in [0.3, 0.4) is 0 Å². The second kappa shape index (κ2) is 3.31. The van der Waals surface area contributed by atoms with Gasteiger partial charge < -0.3 is 4.89 Å². The summed E-state index contributed by atoms with van der Waals surface area (Å²) in [5, 5.41) is 0. The molecule has 0 radical (unpaired) electrons. The highest BCUT2D eigenvalue weighted by Gasteiger charge is 2.21. The van der Waals surface area contributed by atoms with E-state index in [0.29, 0.717) is 0 Å². The van der Waals surface area contributed by atoms with Crippen LogP contribution in [0.4, 0.5) is 0 Å². The maximum Gasteiger partial charge on any atom is 0.196 e. The van der Waals surface area contributed by atoms with Gasteiger partial charge >= 0.3 is 0 Å². The first-order chi connectivity index (χ1) is 4.34. The van der Waals surface area contributed by atoms with Gasteiger partial charge in [0.25, 0.3) is 0 Å². The zero-order chi connectivity index (χ0) is 8.36. The maximum absolute atomic E-state index is 10.9. The van der Waals surface area contributed by atoms with E-state index < -0.39 is 13.4 Å². The maximum atomic E-state index is 10.9. The van der Waals surface area contributed by atoms with Crippen LogP contribution in [-0.4, -0.2) is 16.8 Å². The van der Waals surface area contributed by atoms with Crippen molar-refractivity contribution in [3.63, 3.8) is 0 Å². The molecule has 0 aliphatic heterocycles. The molecular weight excluding hydrogens is 151 g/mol. The Morgan fingerprint density at radius 3 is 2.00 bits per heavy atom. The molecule has 0 saturated carbocycles. The van der Waals surface area contributed by atoms with Crippen molar-refractivity contribution in [2.24, 2.45) is 5.41 Å². The van der Waals surface area contributed by atoms with Crippen molar-refractivity contribution in [3.05, 3.63) is 0 Å². The van der Waals surface area contributed by atoms with Crippen LogP contribution in [0.1, 0.15) is 20.8 Å². The molecule has 0 aromatic heterocycles. The van der Waals surface area contributed by atoms with E-state index in [1.807, 2.05) is 0 Å². The molecule has 0 fully saturated rings. The van der Waals surface area contributed by atoms with Crippen molar-refractivity contribution in [3.8, 4) is 0 Å². The predicted octanol–water partition coefficient (Wildman–Crippen LogP) is 1.07. The molecular formula is C6H13O3P. The molecule has 0 heterocycles. The monoisotopic (exact) mass is 164 g/mol. The Balaban J connectivity index is 3.99. The van der Waals surface area contributed by atoms with E-state index in [4.69, 9.17) is 4.89 Å². The van der Waals surface area contributed by atoms with Gasteiger partial charge in [-0.25, -0.2) is 0 Å². The van der Waals surface area contributed by atoms with Crippen LogP contribution in [0.2, 0.25) is 0 Å². The Morgan fingerprint density at radius 1 is 1.50 bits per heavy atom. The largest absolute Gasteiger partial charge is 0.346 e. The summed E-state index contributed by atoms with van der Waals surface area (Å²) >= 11 is 0. The zero-order valence-electron chi connectivity index (χ0n) is 6.47. The van der Waals surface area contributed by atoms with E-state index in [1.165, 1.54) is 0 Å². The number of Topliss-reactive ketones (excluding diaryl/α,β-unsaturated/α-hetero) is 1. The van der Waals surface area contributed by atoms with E-state index in [2.05, 4.69) is 0 Å². The van der Waals surface area contributed by atoms with Crippen LogP contribution in [-0.2, 0) is 9.36 Å². The molecule has 0 amide bonds. The normalized spacial score (nSPS) is 14.8. The van der Waals surface area contributed by atoms with Crippen LogP contribution in [0.5, 0.6) is 0 Å². The van der Waals surface area contributed by atoms with Crippen LogP contribution in [0.15, 0.2) is 0 Å². The second-order valence-corrected chi connectivity index (χ2v) is 4.38. The Morgan fingerprint density at radius 2 is 1.90 bits per heavy atom. The summed E-state index contributed by atoms with van der Waals surface area (Å²) in [5.74, 6) is -0.154. The lowest BCUT2D eigenvalue weighted by Gasteiger charge is -2.14. The molecule has 0 aromatic rings. The van der Waals surface area contributed by atoms with E-state index in [1.54, 1.807) is 20.8 Å². The fourth-order valence-electron chi connectivity index (χ4n) is 0.403. The first kappa shape index (κ1) is 9.86. The van der Waals surface area contributed by atoms with Gasteiger partial charge in [-0.3, -0.25) is 9.36 Å². The molecule has 0 spiro atoms. The number of rotatable bonds is 2. The number of carbonyl (C=O) groups is 1. The summed E-state index contributed by atoms with van der Waals surface area (Å²) in [6.07, 6.45) is -0.186. The SMILES string of the molecule is CC(C)(C)C(=O)C[PH](=O)O. The van der Waals surface area contributed by atoms with Crippen molar-refractivity contribution in [1.82, 2.24) is 0 Å². The van der Waals surface area contributed by atoms with Gasteiger partial charge in [0, 0.05) is 5.41 Å². The van der Waals surface area contributed by atoms with Crippen LogP contribution in [0.25, 0.3) is 0 Å². The highest BCUT2D eigenvalue weighted by molar-refractivity contribution is 7.39. The molecule has 0 bridgehead atoms. The molecule has 4 heteroatoms. The minimum atomic E-state index is -2.62. The third-order valence-electron chi connectivity index (χ3n) is 1.15. The molecule has 10 heavy (non-hydrogen) atoms. The number of ketones is 1. The quantitative estimate of drug-likeness (QED) is 0.621. The number of hydrogen-bond acceptors (Lipinski definition) is 2. The fourth-order valence-corrected chi connectivity index (χ4v) is 1.21. The van der Waals surface area contributed by atoms with E-state index in [9.17, 15) is 9.36 Å². The van der Waals surface area contributed by atoms with Crippen molar-refractivity contribution in [2.45, 2.75) is 20.8 Å². The van der Waals surface area contributed by atoms with Gasteiger partial charge in [0.05, 0.1) is 6.16 Å². The van der Waals surface area contributed by atoms with Crippen molar-refractivity contribution in [2.75, 3.05) is 6.16 Å². The van der Waals surface area contributed by atoms with E-state index >= 15 is 0 Å². The van der Waals surface area contributed by atoms with Crippen LogP contribution in [0, 0.1) is 5.41 Å². The van der Waals surface area contributed by atoms with E-state index in [0.717, 1.165) is 0 Å². The standard InChI is InChI=1S/C6H13O3P/c1-6(2,3)5(7)4-10(8)9/h10H,4H2,1-3H3,(H,8,9). The summed E-state index contributed by atoms with van der Waals surface area (Å²) in [7, 11) is -2.62. The van der Waals surface area contributed by atoms with Crippen LogP contribution < -0.4 is 0 Å². The summed E-state index contributed by atoms with van der Waals surface area (Å²) in [6.45, 7) is 5.21. The number of carbonyl (C=O) groups excluding carboxylic acids is 1. The zero-order valence-corrected chi connectivity index (χ0v) is 7.47. The Kier molecular flexibility index (Phi) is 3.26. The summed E-state index contributed by atoms with van der Waals surface area (Å²) in [6, 6.07) is 0. The molecule has 1 unspecified atom stereocenters. The first-order valence-corrected chi connectivity index (χ1v) is 4.65. The Hall–Kier alpha value is -0.140. The average Bonchev–Trinajstić information content (AvgIpc) is 1.60. The Bertz CT molecular complexity index is 157. The van der Waals surface area contributed by atoms with Crippen molar-refractivity contribution >= 4 is 13.8 Å². The summed E-state index contributed by atoms with van der Waals surface area (Å²) < 4.78 is 10.2. The van der Waals surface area contributed by atoms with Gasteiger partial charge in [-0.15, -0.1) is 0 Å². The number of hydrogen-bond donors (Lipinski definition) is 1. The fraction of sp³-hybridized carbons (Fsp3) is 0.833. The predicted molar refractivity (Wildman–Crippen MR) is 40.5 cm³/mol. The first-order valence-electron chi connectivity index (χ1n) is 3.09. The lowest BCUT2D eigenvalue weighted by atomic mass is 9.92. The van der Waals surface area contributed by atoms with Crippen molar-refractivity contribution < 1.29 is 14.3 Å². The molecule has 1 N–H and O–H groups in total. The molecule has 0 aliphatic carbocycles. The minimum absolute atomic E-state index is 0.154. The van der Waals surface area contributed by atoms with Gasteiger partial charge in [-0.2, -0.15) is 0 Å². The van der Waals surface area contributed by atoms with Crippen molar-refractivity contribution in [1.29, 1.82) is 0 Å². The topological polar surface area (TPSA) is 54.4 Å². The molecule has 0 rings (SSSR count). The summed E-state index contributed by atoms with van der Waals surface area (Å²) in [4.78, 5) is 19.4. The minimum Gasteiger partial charge on any atom is -0.346 e. The highest BCUT2D eigenvalue weighted by Crippen LogP contribution is 2.21. The van der Waals surface area contributed by atoms with Crippen LogP contribution >= 0.6 is 8.03 Å². The van der Waals surface area contributed by atoms with Gasteiger partial charge in [0.15, 0.2) is 8.03 Å². The molecule has 0 aliphatic rings. The highest BCUT2D eigenvalue weighted by atomic mass is 31.1. The van der Waals surface area contributed by atoms with Gasteiger partial charge in [0.1, 0.15) is 5.78 Å². The second-order valence-electron chi connectivity index (χ2n) is 3.24. The molecule has 60 valence electrons. The third kappa shape index (κ3) is 3.80. The van der Waals surface area contributed by atoms with E-state index in [-0.39, 0.29) is 11.9 Å². The molecule has 0 saturated heterocycles. The lowest BCUT2D eigenvalue weighted by molar-refractivity contribution is -0.123. The smallest absolute Gasteiger partial charge is 0.196 e.